The second-order valence-electron chi connectivity index (χ2n) is 11.1. The largest absolute Gasteiger partial charge is 0.384 e. The van der Waals surface area contributed by atoms with Crippen LogP contribution in [0.25, 0.3) is 0 Å². The van der Waals surface area contributed by atoms with Gasteiger partial charge >= 0.3 is 0 Å². The van der Waals surface area contributed by atoms with Crippen molar-refractivity contribution >= 4 is 11.8 Å². The molecule has 4 aliphatic rings. The van der Waals surface area contributed by atoms with Gasteiger partial charge in [-0.1, -0.05) is 13.8 Å². The van der Waals surface area contributed by atoms with Crippen LogP contribution in [0.4, 0.5) is 0 Å². The fourth-order valence-corrected chi connectivity index (χ4v) is 5.67. The van der Waals surface area contributed by atoms with Crippen molar-refractivity contribution < 1.29 is 19.1 Å². The van der Waals surface area contributed by atoms with Crippen molar-refractivity contribution in [2.24, 2.45) is 28.6 Å². The number of ether oxygens (including phenoxy) is 2. The van der Waals surface area contributed by atoms with Gasteiger partial charge < -0.3 is 20.1 Å². The smallest absolute Gasteiger partial charge is 0.223 e. The third-order valence-electron chi connectivity index (χ3n) is 8.31. The Morgan fingerprint density at radius 3 is 2.28 bits per heavy atom. The van der Waals surface area contributed by atoms with Crippen LogP contribution in [-0.2, 0) is 19.1 Å². The predicted octanol–water partition coefficient (Wildman–Crippen LogP) is 2.66. The Hall–Kier alpha value is -1.14. The van der Waals surface area contributed by atoms with Crippen molar-refractivity contribution in [1.82, 2.24) is 10.6 Å². The molecule has 0 aromatic carbocycles. The number of hydrogen-bond acceptors (Lipinski definition) is 4. The molecule has 0 bridgehead atoms. The highest BCUT2D eigenvalue weighted by Gasteiger charge is 2.56. The van der Waals surface area contributed by atoms with E-state index < -0.39 is 0 Å². The van der Waals surface area contributed by atoms with Gasteiger partial charge in [-0.25, -0.2) is 0 Å². The highest BCUT2D eigenvalue weighted by Crippen LogP contribution is 2.62. The summed E-state index contributed by atoms with van der Waals surface area (Å²) in [5.41, 5.74) is 0.235. The second kappa shape index (κ2) is 7.52. The average Bonchev–Trinajstić information content (AvgIpc) is 3.56. The van der Waals surface area contributed by atoms with Crippen molar-refractivity contribution in [1.29, 1.82) is 0 Å². The second-order valence-corrected chi connectivity index (χ2v) is 11.1. The number of carbonyl (C=O) groups is 2. The normalized spacial score (nSPS) is 42.1. The first-order valence-corrected chi connectivity index (χ1v) is 11.4. The molecule has 0 radical (unpaired) electrons. The van der Waals surface area contributed by atoms with E-state index >= 15 is 0 Å². The van der Waals surface area contributed by atoms with Crippen LogP contribution in [0.15, 0.2) is 0 Å². The zero-order valence-electron chi connectivity index (χ0n) is 18.5. The van der Waals surface area contributed by atoms with Crippen LogP contribution in [0.5, 0.6) is 0 Å². The summed E-state index contributed by atoms with van der Waals surface area (Å²) < 4.78 is 11.1. The van der Waals surface area contributed by atoms with Gasteiger partial charge in [0.1, 0.15) is 0 Å². The number of hydrogen-bond donors (Lipinski definition) is 2. The van der Waals surface area contributed by atoms with Gasteiger partial charge in [0.25, 0.3) is 0 Å². The molecule has 3 saturated carbocycles. The molecule has 4 fully saturated rings. The van der Waals surface area contributed by atoms with Crippen LogP contribution in [0.1, 0.15) is 65.7 Å². The maximum atomic E-state index is 12.7. The molecule has 1 aliphatic heterocycles. The van der Waals surface area contributed by atoms with E-state index in [1.165, 1.54) is 12.8 Å². The lowest BCUT2D eigenvalue weighted by atomic mass is 9.82. The lowest BCUT2D eigenvalue weighted by molar-refractivity contribution is -0.127. The van der Waals surface area contributed by atoms with Gasteiger partial charge in [0.15, 0.2) is 0 Å². The summed E-state index contributed by atoms with van der Waals surface area (Å²) in [6.07, 6.45) is 7.41. The zero-order valence-corrected chi connectivity index (χ0v) is 18.5. The Morgan fingerprint density at radius 2 is 1.69 bits per heavy atom. The van der Waals surface area contributed by atoms with E-state index in [2.05, 4.69) is 31.4 Å². The summed E-state index contributed by atoms with van der Waals surface area (Å²) in [6.45, 7) is 8.08. The van der Waals surface area contributed by atoms with Gasteiger partial charge in [0.05, 0.1) is 18.3 Å². The van der Waals surface area contributed by atoms with E-state index in [0.717, 1.165) is 38.0 Å². The number of rotatable bonds is 8. The van der Waals surface area contributed by atoms with E-state index in [0.29, 0.717) is 25.1 Å². The summed E-state index contributed by atoms with van der Waals surface area (Å²) in [5.74, 6) is 1.20. The Balaban J connectivity index is 1.23. The molecule has 164 valence electrons. The molecular weight excluding hydrogens is 368 g/mol. The molecule has 2 N–H and O–H groups in total. The summed E-state index contributed by atoms with van der Waals surface area (Å²) in [7, 11) is 1.67. The molecule has 2 amide bonds. The van der Waals surface area contributed by atoms with Crippen molar-refractivity contribution in [3.8, 4) is 0 Å². The number of fused-ring (bicyclic) bond motifs is 2. The van der Waals surface area contributed by atoms with Gasteiger partial charge in [0.2, 0.25) is 11.8 Å². The minimum Gasteiger partial charge on any atom is -0.384 e. The number of carbonyl (C=O) groups excluding carboxylic acids is 2. The first-order chi connectivity index (χ1) is 13.7. The van der Waals surface area contributed by atoms with E-state index in [9.17, 15) is 9.59 Å². The Kier molecular flexibility index (Phi) is 5.48. The van der Waals surface area contributed by atoms with Gasteiger partial charge in [-0.05, 0) is 63.2 Å². The summed E-state index contributed by atoms with van der Waals surface area (Å²) in [5, 5.41) is 6.29. The molecule has 0 aromatic heterocycles. The molecule has 7 atom stereocenters. The zero-order chi connectivity index (χ0) is 20.9. The maximum absolute atomic E-state index is 12.7. The Morgan fingerprint density at radius 1 is 1.07 bits per heavy atom. The molecule has 1 saturated heterocycles. The predicted molar refractivity (Wildman–Crippen MR) is 110 cm³/mol. The molecule has 7 unspecified atom stereocenters. The van der Waals surface area contributed by atoms with Gasteiger partial charge in [-0.2, -0.15) is 0 Å². The van der Waals surface area contributed by atoms with Gasteiger partial charge in [-0.15, -0.1) is 0 Å². The van der Waals surface area contributed by atoms with E-state index in [1.54, 1.807) is 7.11 Å². The van der Waals surface area contributed by atoms with Crippen LogP contribution in [0, 0.1) is 28.6 Å². The molecule has 29 heavy (non-hydrogen) atoms. The maximum Gasteiger partial charge on any atom is 0.223 e. The third kappa shape index (κ3) is 4.48. The van der Waals surface area contributed by atoms with Crippen molar-refractivity contribution in [3.05, 3.63) is 0 Å². The molecule has 3 aliphatic carbocycles. The summed E-state index contributed by atoms with van der Waals surface area (Å²) in [4.78, 5) is 25.4. The minimum absolute atomic E-state index is 0.0304. The molecule has 0 aromatic rings. The van der Waals surface area contributed by atoms with Crippen LogP contribution in [-0.4, -0.2) is 50.3 Å². The topological polar surface area (TPSA) is 80.0 Å². The van der Waals surface area contributed by atoms with E-state index in [-0.39, 0.29) is 40.8 Å². The lowest BCUT2D eigenvalue weighted by Gasteiger charge is -2.32. The van der Waals surface area contributed by atoms with Crippen LogP contribution in [0.3, 0.4) is 0 Å². The van der Waals surface area contributed by atoms with Gasteiger partial charge in [-0.3, -0.25) is 9.59 Å². The molecule has 6 heteroatoms. The van der Waals surface area contributed by atoms with Crippen molar-refractivity contribution in [2.45, 2.75) is 77.4 Å². The number of nitrogens with one attached hydrogen (secondary N) is 2. The van der Waals surface area contributed by atoms with Gasteiger partial charge in [0, 0.05) is 37.5 Å². The Labute approximate surface area is 174 Å². The van der Waals surface area contributed by atoms with Crippen LogP contribution >= 0.6 is 0 Å². The average molecular weight is 407 g/mol. The monoisotopic (exact) mass is 406 g/mol. The SMILES string of the molecule is COCC(C)(CNC(=O)C1CCC2(C)CC2C1)CNC(=O)C1CCC2(C)OC2C1. The molecule has 6 nitrogen and oxygen atoms in total. The number of amides is 2. The summed E-state index contributed by atoms with van der Waals surface area (Å²) in [6, 6.07) is 0. The van der Waals surface area contributed by atoms with Crippen molar-refractivity contribution in [3.63, 3.8) is 0 Å². The molecule has 1 heterocycles. The fourth-order valence-electron chi connectivity index (χ4n) is 5.67. The standard InChI is InChI=1S/C23H38N2O4/c1-21(14-28-4,12-24-19(26)15-5-7-22(2)11-17(22)9-15)13-25-20(27)16-6-8-23(3)18(10-16)29-23/h15-18H,5-14H2,1-4H3,(H,24,26)(H,25,27). The fraction of sp³-hybridized carbons (Fsp3) is 0.913. The van der Waals surface area contributed by atoms with Crippen LogP contribution in [0.2, 0.25) is 0 Å². The molecular formula is C23H38N2O4. The van der Waals surface area contributed by atoms with E-state index in [4.69, 9.17) is 9.47 Å². The number of methoxy groups -OCH3 is 1. The van der Waals surface area contributed by atoms with Crippen molar-refractivity contribution in [2.75, 3.05) is 26.8 Å². The highest BCUT2D eigenvalue weighted by molar-refractivity contribution is 5.79. The first kappa shape index (κ1) is 21.1. The molecule has 4 rings (SSSR count). The van der Waals surface area contributed by atoms with Crippen LogP contribution < -0.4 is 10.6 Å². The summed E-state index contributed by atoms with van der Waals surface area (Å²) >= 11 is 0. The minimum atomic E-state index is -0.317. The Bertz CT molecular complexity index is 617. The van der Waals surface area contributed by atoms with E-state index in [1.807, 2.05) is 0 Å². The third-order valence-corrected chi connectivity index (χ3v) is 8.31. The highest BCUT2D eigenvalue weighted by atomic mass is 16.6. The lowest BCUT2D eigenvalue weighted by Crippen LogP contribution is -2.48. The number of epoxide rings is 1. The quantitative estimate of drug-likeness (QED) is 0.608. The molecule has 0 spiro atoms. The first-order valence-electron chi connectivity index (χ1n) is 11.4.